The van der Waals surface area contributed by atoms with Gasteiger partial charge in [0.05, 0.1) is 5.75 Å². The number of hydrogen-bond donors (Lipinski definition) is 3. The smallest absolute Gasteiger partial charge is 0.291 e. The maximum atomic E-state index is 13.0. The van der Waals surface area contributed by atoms with Gasteiger partial charge in [0, 0.05) is 43.1 Å². The molecule has 33 heavy (non-hydrogen) atoms. The van der Waals surface area contributed by atoms with Crippen LogP contribution in [0, 0.1) is 11.3 Å². The van der Waals surface area contributed by atoms with Crippen molar-refractivity contribution in [2.75, 3.05) is 25.0 Å². The third-order valence-corrected chi connectivity index (χ3v) is 7.77. The molecule has 1 aromatic carbocycles. The van der Waals surface area contributed by atoms with Crippen LogP contribution in [0.5, 0.6) is 0 Å². The van der Waals surface area contributed by atoms with Crippen LogP contribution in [0.3, 0.4) is 0 Å². The molecule has 1 atom stereocenters. The number of rotatable bonds is 6. The zero-order chi connectivity index (χ0) is 23.4. The van der Waals surface area contributed by atoms with Crippen LogP contribution in [0.25, 0.3) is 5.57 Å². The minimum absolute atomic E-state index is 0.0506. The van der Waals surface area contributed by atoms with Crippen molar-refractivity contribution in [2.24, 2.45) is 0 Å². The number of H-pyrrole nitrogens is 1. The number of allylic oxidation sites excluding steroid dienone is 2. The van der Waals surface area contributed by atoms with E-state index in [2.05, 4.69) is 26.7 Å². The number of benzene rings is 1. The Morgan fingerprint density at radius 3 is 2.91 bits per heavy atom. The van der Waals surface area contributed by atoms with Crippen molar-refractivity contribution in [1.29, 1.82) is 5.26 Å². The van der Waals surface area contributed by atoms with Crippen LogP contribution in [-0.4, -0.2) is 54.3 Å². The molecule has 9 nitrogen and oxygen atoms in total. The number of anilines is 1. The highest BCUT2D eigenvalue weighted by Crippen LogP contribution is 2.33. The molecule has 1 aromatic heterocycles. The van der Waals surface area contributed by atoms with Gasteiger partial charge in [0.1, 0.15) is 6.07 Å². The quantitative estimate of drug-likeness (QED) is 0.597. The average molecular weight is 469 g/mol. The van der Waals surface area contributed by atoms with Crippen LogP contribution in [0.4, 0.5) is 5.69 Å². The third kappa shape index (κ3) is 5.50. The topological polar surface area (TPSA) is 131 Å². The lowest BCUT2D eigenvalue weighted by atomic mass is 9.91. The number of imidazole rings is 1. The number of piperazine rings is 1. The van der Waals surface area contributed by atoms with E-state index in [9.17, 15) is 13.2 Å². The van der Waals surface area contributed by atoms with Gasteiger partial charge < -0.3 is 15.6 Å². The molecule has 0 spiro atoms. The van der Waals surface area contributed by atoms with Crippen molar-refractivity contribution < 1.29 is 13.2 Å². The van der Waals surface area contributed by atoms with E-state index in [-0.39, 0.29) is 23.3 Å². The number of hydrogen-bond acceptors (Lipinski definition) is 6. The summed E-state index contributed by atoms with van der Waals surface area (Å²) in [5, 5.41) is 15.1. The van der Waals surface area contributed by atoms with Gasteiger partial charge in [0.15, 0.2) is 11.5 Å². The van der Waals surface area contributed by atoms with Crippen LogP contribution in [-0.2, 0) is 15.8 Å². The molecule has 0 radical (unpaired) electrons. The number of carbonyl (C=O) groups is 1. The lowest BCUT2D eigenvalue weighted by Crippen LogP contribution is -2.51. The third-order valence-electron chi connectivity index (χ3n) is 5.95. The number of sulfonamides is 1. The first-order valence-corrected chi connectivity index (χ1v) is 12.8. The van der Waals surface area contributed by atoms with E-state index in [4.69, 9.17) is 5.26 Å². The second-order valence-electron chi connectivity index (χ2n) is 8.52. The number of nitriles is 1. The summed E-state index contributed by atoms with van der Waals surface area (Å²) in [6.07, 6.45) is 7.52. The first-order valence-electron chi connectivity index (χ1n) is 11.2. The van der Waals surface area contributed by atoms with E-state index < -0.39 is 15.9 Å². The van der Waals surface area contributed by atoms with Crippen molar-refractivity contribution in [3.63, 3.8) is 0 Å². The predicted molar refractivity (Wildman–Crippen MR) is 126 cm³/mol. The van der Waals surface area contributed by atoms with Gasteiger partial charge in [-0.2, -0.15) is 9.57 Å². The number of carbonyl (C=O) groups excluding carboxylic acids is 1. The molecule has 174 valence electrons. The summed E-state index contributed by atoms with van der Waals surface area (Å²) in [7, 11) is -3.45. The Balaban J connectivity index is 1.60. The predicted octanol–water partition coefficient (Wildman–Crippen LogP) is 2.61. The number of nitrogens with zero attached hydrogens (tertiary/aromatic N) is 3. The largest absolute Gasteiger partial charge is 0.339 e. The van der Waals surface area contributed by atoms with Gasteiger partial charge >= 0.3 is 0 Å². The Hall–Kier alpha value is -3.00. The average Bonchev–Trinajstić information content (AvgIpc) is 3.30. The lowest BCUT2D eigenvalue weighted by molar-refractivity contribution is 0.101. The van der Waals surface area contributed by atoms with Gasteiger partial charge in [-0.25, -0.2) is 13.4 Å². The molecule has 2 aliphatic rings. The van der Waals surface area contributed by atoms with E-state index in [1.165, 1.54) is 6.20 Å². The number of aromatic nitrogens is 2. The normalized spacial score (nSPS) is 19.5. The first kappa shape index (κ1) is 23.2. The molecule has 0 unspecified atom stereocenters. The molecule has 1 amide bonds. The van der Waals surface area contributed by atoms with E-state index in [1.807, 2.05) is 19.1 Å². The summed E-state index contributed by atoms with van der Waals surface area (Å²) >= 11 is 0. The van der Waals surface area contributed by atoms with E-state index in [1.54, 1.807) is 16.4 Å². The van der Waals surface area contributed by atoms with Crippen molar-refractivity contribution in [2.45, 2.75) is 44.4 Å². The van der Waals surface area contributed by atoms with Crippen LogP contribution < -0.4 is 10.6 Å². The molecule has 2 heterocycles. The molecular weight excluding hydrogens is 440 g/mol. The molecule has 0 bridgehead atoms. The molecule has 0 saturated carbocycles. The molecular formula is C23H28N6O3S. The van der Waals surface area contributed by atoms with Gasteiger partial charge in [-0.05, 0) is 55.9 Å². The second-order valence-corrected chi connectivity index (χ2v) is 10.5. The number of aromatic amines is 1. The van der Waals surface area contributed by atoms with Crippen LogP contribution in [0.1, 0.15) is 60.0 Å². The molecule has 1 fully saturated rings. The van der Waals surface area contributed by atoms with E-state index in [0.29, 0.717) is 30.9 Å². The van der Waals surface area contributed by atoms with Gasteiger partial charge in [0.2, 0.25) is 10.0 Å². The fourth-order valence-electron chi connectivity index (χ4n) is 4.27. The highest BCUT2D eigenvalue weighted by atomic mass is 32.2. The zero-order valence-electron chi connectivity index (χ0n) is 18.6. The van der Waals surface area contributed by atoms with Crippen molar-refractivity contribution >= 4 is 27.2 Å². The Bertz CT molecular complexity index is 1210. The SMILES string of the molecule is C[C@@H]1CN(S(=O)(=O)Cc2ccc(NC(=O)c3nc(C#N)c[nH]3)c(C3=CCCCC3)c2)CCN1. The van der Waals surface area contributed by atoms with Gasteiger partial charge in [-0.3, -0.25) is 4.79 Å². The summed E-state index contributed by atoms with van der Waals surface area (Å²) in [6.45, 7) is 3.55. The number of nitrogens with one attached hydrogen (secondary N) is 3. The van der Waals surface area contributed by atoms with Crippen molar-refractivity contribution in [1.82, 2.24) is 19.6 Å². The highest BCUT2D eigenvalue weighted by molar-refractivity contribution is 7.88. The van der Waals surface area contributed by atoms with Crippen LogP contribution in [0.15, 0.2) is 30.5 Å². The van der Waals surface area contributed by atoms with Crippen LogP contribution in [0.2, 0.25) is 0 Å². The summed E-state index contributed by atoms with van der Waals surface area (Å²) in [5.74, 6) is -0.489. The fourth-order valence-corrected chi connectivity index (χ4v) is 5.87. The monoisotopic (exact) mass is 468 g/mol. The summed E-state index contributed by atoms with van der Waals surface area (Å²) in [6, 6.07) is 7.38. The highest BCUT2D eigenvalue weighted by Gasteiger charge is 2.27. The Kier molecular flexibility index (Phi) is 6.93. The molecule has 10 heteroatoms. The fraction of sp³-hybridized carbons (Fsp3) is 0.435. The second kappa shape index (κ2) is 9.87. The molecule has 2 aromatic rings. The van der Waals surface area contributed by atoms with E-state index >= 15 is 0 Å². The minimum Gasteiger partial charge on any atom is -0.339 e. The van der Waals surface area contributed by atoms with Crippen molar-refractivity contribution in [3.8, 4) is 6.07 Å². The summed E-state index contributed by atoms with van der Waals surface area (Å²) in [5.41, 5.74) is 3.35. The molecule has 1 saturated heterocycles. The first-order chi connectivity index (χ1) is 15.9. The zero-order valence-corrected chi connectivity index (χ0v) is 19.4. The lowest BCUT2D eigenvalue weighted by Gasteiger charge is -2.31. The van der Waals surface area contributed by atoms with Gasteiger partial charge in [-0.15, -0.1) is 0 Å². The molecule has 1 aliphatic carbocycles. The Morgan fingerprint density at radius 2 is 2.21 bits per heavy atom. The Labute approximate surface area is 193 Å². The molecule has 4 rings (SSSR count). The standard InChI is InChI=1S/C23H28N6O3S/c1-16-14-29(10-9-25-16)33(31,32)15-17-7-8-21(20(11-17)18-5-3-2-4-6-18)28-23(30)22-26-13-19(12-24)27-22/h5,7-8,11,13,16,25H,2-4,6,9-10,14-15H2,1H3,(H,26,27)(H,28,30)/t16-/m1/s1. The maximum Gasteiger partial charge on any atom is 0.291 e. The number of amides is 1. The maximum absolute atomic E-state index is 13.0. The molecule has 1 aliphatic heterocycles. The molecule has 3 N–H and O–H groups in total. The summed E-state index contributed by atoms with van der Waals surface area (Å²) in [4.78, 5) is 19.4. The van der Waals surface area contributed by atoms with Crippen LogP contribution >= 0.6 is 0 Å². The van der Waals surface area contributed by atoms with E-state index in [0.717, 1.165) is 36.8 Å². The van der Waals surface area contributed by atoms with Gasteiger partial charge in [-0.1, -0.05) is 12.1 Å². The summed E-state index contributed by atoms with van der Waals surface area (Å²) < 4.78 is 27.6. The van der Waals surface area contributed by atoms with Gasteiger partial charge in [0.25, 0.3) is 5.91 Å². The Morgan fingerprint density at radius 1 is 1.36 bits per heavy atom. The van der Waals surface area contributed by atoms with Crippen molar-refractivity contribution in [3.05, 3.63) is 53.1 Å². The minimum atomic E-state index is -3.45.